The highest BCUT2D eigenvalue weighted by atomic mass is 32.2. The van der Waals surface area contributed by atoms with Crippen molar-refractivity contribution >= 4 is 21.4 Å². The van der Waals surface area contributed by atoms with Crippen molar-refractivity contribution in [3.05, 3.63) is 53.9 Å². The molecule has 0 radical (unpaired) electrons. The van der Waals surface area contributed by atoms with Crippen LogP contribution in [0.15, 0.2) is 42.6 Å². The zero-order chi connectivity index (χ0) is 19.4. The van der Waals surface area contributed by atoms with Gasteiger partial charge in [0.05, 0.1) is 18.6 Å². The number of nitrogens with zero attached hydrogens (tertiary/aromatic N) is 2. The molecule has 1 N–H and O–H groups in total. The van der Waals surface area contributed by atoms with Crippen LogP contribution in [-0.4, -0.2) is 51.0 Å². The molecule has 1 unspecified atom stereocenters. The number of nitrogens with one attached hydrogen (secondary N) is 1. The fourth-order valence-electron chi connectivity index (χ4n) is 3.17. The first-order chi connectivity index (χ1) is 12.9. The van der Waals surface area contributed by atoms with Crippen LogP contribution < -0.4 is 15.0 Å². The quantitative estimate of drug-likeness (QED) is 0.808. The van der Waals surface area contributed by atoms with Crippen LogP contribution in [0.5, 0.6) is 5.75 Å². The highest BCUT2D eigenvalue weighted by Crippen LogP contribution is 2.23. The van der Waals surface area contributed by atoms with E-state index in [4.69, 9.17) is 4.74 Å². The number of anilines is 1. The summed E-state index contributed by atoms with van der Waals surface area (Å²) >= 11 is 0. The normalized spacial score (nSPS) is 18.1. The third-order valence-electron chi connectivity index (χ3n) is 4.77. The summed E-state index contributed by atoms with van der Waals surface area (Å²) in [6, 6.07) is 10.9. The summed E-state index contributed by atoms with van der Waals surface area (Å²) in [6.45, 7) is 0.325. The summed E-state index contributed by atoms with van der Waals surface area (Å²) in [5.41, 5.74) is 1.93. The van der Waals surface area contributed by atoms with Crippen LogP contribution in [0.25, 0.3) is 0 Å². The van der Waals surface area contributed by atoms with Crippen molar-refractivity contribution in [1.82, 2.24) is 10.3 Å². The molecular formula is C19H23N3O4S. The van der Waals surface area contributed by atoms with Gasteiger partial charge in [0.1, 0.15) is 11.4 Å². The summed E-state index contributed by atoms with van der Waals surface area (Å²) < 4.78 is 28.7. The van der Waals surface area contributed by atoms with Crippen LogP contribution in [0.3, 0.4) is 0 Å². The van der Waals surface area contributed by atoms with Crippen molar-refractivity contribution in [3.63, 3.8) is 0 Å². The number of carbonyl (C=O) groups excluding carboxylic acids is 1. The van der Waals surface area contributed by atoms with Crippen LogP contribution in [0.2, 0.25) is 0 Å². The fraction of sp³-hybridized carbons (Fsp3) is 0.368. The number of amides is 1. The minimum Gasteiger partial charge on any atom is -0.496 e. The number of carbonyl (C=O) groups is 1. The molecule has 1 aromatic heterocycles. The molecule has 1 fully saturated rings. The van der Waals surface area contributed by atoms with Gasteiger partial charge < -0.3 is 15.0 Å². The van der Waals surface area contributed by atoms with E-state index in [1.165, 1.54) is 0 Å². The lowest BCUT2D eigenvalue weighted by Crippen LogP contribution is -2.33. The molecule has 1 aromatic carbocycles. The average Bonchev–Trinajstić information content (AvgIpc) is 3.05. The monoisotopic (exact) mass is 389 g/mol. The summed E-state index contributed by atoms with van der Waals surface area (Å²) in [5, 5.41) is 2.84. The summed E-state index contributed by atoms with van der Waals surface area (Å²) in [4.78, 5) is 18.5. The Kier molecular flexibility index (Phi) is 5.65. The fourth-order valence-corrected chi connectivity index (χ4v) is 4.94. The largest absolute Gasteiger partial charge is 0.496 e. The third kappa shape index (κ3) is 4.57. The first-order valence-electron chi connectivity index (χ1n) is 8.69. The van der Waals surface area contributed by atoms with Gasteiger partial charge in [-0.2, -0.15) is 0 Å². The molecule has 2 heterocycles. The van der Waals surface area contributed by atoms with Crippen molar-refractivity contribution in [1.29, 1.82) is 0 Å². The van der Waals surface area contributed by atoms with Gasteiger partial charge in [-0.3, -0.25) is 9.78 Å². The van der Waals surface area contributed by atoms with E-state index in [0.717, 1.165) is 11.3 Å². The Balaban J connectivity index is 1.68. The maximum atomic E-state index is 12.5. The third-order valence-corrected chi connectivity index (χ3v) is 6.52. The maximum absolute atomic E-state index is 12.5. The van der Waals surface area contributed by atoms with Gasteiger partial charge in [0.15, 0.2) is 9.84 Å². The molecule has 0 aliphatic carbocycles. The van der Waals surface area contributed by atoms with E-state index in [-0.39, 0.29) is 29.1 Å². The van der Waals surface area contributed by atoms with Gasteiger partial charge in [-0.05, 0) is 24.6 Å². The molecule has 7 nitrogen and oxygen atoms in total. The molecule has 1 atom stereocenters. The van der Waals surface area contributed by atoms with Gasteiger partial charge >= 0.3 is 0 Å². The number of benzene rings is 1. The van der Waals surface area contributed by atoms with E-state index < -0.39 is 9.84 Å². The summed E-state index contributed by atoms with van der Waals surface area (Å²) in [5.74, 6) is 0.761. The average molecular weight is 389 g/mol. The van der Waals surface area contributed by atoms with Crippen molar-refractivity contribution < 1.29 is 17.9 Å². The molecule has 0 saturated carbocycles. The van der Waals surface area contributed by atoms with Gasteiger partial charge in [0, 0.05) is 37.1 Å². The molecule has 3 rings (SSSR count). The molecule has 1 amide bonds. The second-order valence-electron chi connectivity index (χ2n) is 6.56. The van der Waals surface area contributed by atoms with Crippen LogP contribution in [-0.2, 0) is 16.4 Å². The number of para-hydroxylation sites is 1. The Morgan fingerprint density at radius 1 is 1.33 bits per heavy atom. The van der Waals surface area contributed by atoms with E-state index in [0.29, 0.717) is 18.7 Å². The molecule has 144 valence electrons. The van der Waals surface area contributed by atoms with E-state index in [2.05, 4.69) is 10.3 Å². The predicted molar refractivity (Wildman–Crippen MR) is 104 cm³/mol. The van der Waals surface area contributed by atoms with Gasteiger partial charge in [0.2, 0.25) is 0 Å². The maximum Gasteiger partial charge on any atom is 0.270 e. The van der Waals surface area contributed by atoms with Crippen molar-refractivity contribution in [2.24, 2.45) is 0 Å². The standard InChI is InChI=1S/C19H23N3O4S/c1-22(16-8-10-27(24,25)13-16)15-7-9-20-17(11-15)19(23)21-12-14-5-3-4-6-18(14)26-2/h3-7,9,11,16H,8,10,12-13H2,1-2H3,(H,21,23). The van der Waals surface area contributed by atoms with Crippen LogP contribution in [0.4, 0.5) is 5.69 Å². The molecule has 0 bridgehead atoms. The van der Waals surface area contributed by atoms with Crippen molar-refractivity contribution in [2.45, 2.75) is 19.0 Å². The lowest BCUT2D eigenvalue weighted by molar-refractivity contribution is 0.0945. The lowest BCUT2D eigenvalue weighted by atomic mass is 10.2. The number of ether oxygens (including phenoxy) is 1. The van der Waals surface area contributed by atoms with Gasteiger partial charge in [-0.1, -0.05) is 18.2 Å². The van der Waals surface area contributed by atoms with E-state index in [1.54, 1.807) is 25.4 Å². The minimum atomic E-state index is -2.97. The van der Waals surface area contributed by atoms with Gasteiger partial charge in [0.25, 0.3) is 5.91 Å². The van der Waals surface area contributed by atoms with Crippen molar-refractivity contribution in [2.75, 3.05) is 30.6 Å². The number of rotatable bonds is 6. The Morgan fingerprint density at radius 2 is 2.11 bits per heavy atom. The molecule has 1 aliphatic rings. The first-order valence-corrected chi connectivity index (χ1v) is 10.5. The Bertz CT molecular complexity index is 930. The number of hydrogen-bond acceptors (Lipinski definition) is 6. The number of sulfone groups is 1. The Labute approximate surface area is 159 Å². The highest BCUT2D eigenvalue weighted by molar-refractivity contribution is 7.91. The van der Waals surface area contributed by atoms with E-state index in [9.17, 15) is 13.2 Å². The Hall–Kier alpha value is -2.61. The SMILES string of the molecule is COc1ccccc1CNC(=O)c1cc(N(C)C2CCS(=O)(=O)C2)ccn1. The zero-order valence-electron chi connectivity index (χ0n) is 15.4. The molecule has 8 heteroatoms. The molecule has 1 aliphatic heterocycles. The number of pyridine rings is 1. The Morgan fingerprint density at radius 3 is 2.81 bits per heavy atom. The summed E-state index contributed by atoms with van der Waals surface area (Å²) in [6.07, 6.45) is 2.16. The van der Waals surface area contributed by atoms with E-state index in [1.807, 2.05) is 36.2 Å². The number of hydrogen-bond donors (Lipinski definition) is 1. The predicted octanol–water partition coefficient (Wildman–Crippen LogP) is 1.64. The first kappa shape index (κ1) is 19.2. The smallest absolute Gasteiger partial charge is 0.270 e. The van der Waals surface area contributed by atoms with Crippen LogP contribution in [0, 0.1) is 0 Å². The van der Waals surface area contributed by atoms with E-state index >= 15 is 0 Å². The van der Waals surface area contributed by atoms with Gasteiger partial charge in [-0.25, -0.2) is 8.42 Å². The molecule has 27 heavy (non-hydrogen) atoms. The second kappa shape index (κ2) is 7.96. The molecular weight excluding hydrogens is 366 g/mol. The molecule has 2 aromatic rings. The van der Waals surface area contributed by atoms with Gasteiger partial charge in [-0.15, -0.1) is 0 Å². The van der Waals surface area contributed by atoms with Crippen molar-refractivity contribution in [3.8, 4) is 5.75 Å². The lowest BCUT2D eigenvalue weighted by Gasteiger charge is -2.25. The zero-order valence-corrected chi connectivity index (χ0v) is 16.2. The molecule has 1 saturated heterocycles. The number of aromatic nitrogens is 1. The highest BCUT2D eigenvalue weighted by Gasteiger charge is 2.31. The summed E-state index contributed by atoms with van der Waals surface area (Å²) in [7, 11) is 0.463. The second-order valence-corrected chi connectivity index (χ2v) is 8.79. The number of methoxy groups -OCH3 is 1. The topological polar surface area (TPSA) is 88.6 Å². The molecule has 0 spiro atoms. The van der Waals surface area contributed by atoms with Crippen LogP contribution in [0.1, 0.15) is 22.5 Å². The minimum absolute atomic E-state index is 0.0816. The van der Waals surface area contributed by atoms with Crippen LogP contribution >= 0.6 is 0 Å².